The molecule has 0 bridgehead atoms. The molecule has 0 saturated carbocycles. The molecule has 0 N–H and O–H groups in total. The molecule has 2 aliphatic carbocycles. The molecule has 0 nitrogen and oxygen atoms in total. The zero-order valence-corrected chi connectivity index (χ0v) is 16.2. The van der Waals surface area contributed by atoms with E-state index in [4.69, 9.17) is 0 Å². The van der Waals surface area contributed by atoms with Crippen LogP contribution in [0.5, 0.6) is 0 Å². The number of hydrogen-bond acceptors (Lipinski definition) is 0. The van der Waals surface area contributed by atoms with Crippen molar-refractivity contribution in [2.24, 2.45) is 0 Å². The van der Waals surface area contributed by atoms with Crippen LogP contribution in [0.4, 0.5) is 0 Å². The molecule has 0 atom stereocenters. The molecule has 0 fully saturated rings. The molecule has 2 aliphatic rings. The maximum Gasteiger partial charge on any atom is 0 e. The largest absolute Gasteiger partial charge is 0.269 e. The Labute approximate surface area is 148 Å². The summed E-state index contributed by atoms with van der Waals surface area (Å²) in [5, 5.41) is 0. The Morgan fingerprint density at radius 1 is 0.895 bits per heavy atom. The van der Waals surface area contributed by atoms with E-state index in [0.717, 1.165) is 25.7 Å². The fourth-order valence-corrected chi connectivity index (χ4v) is 1.49. The summed E-state index contributed by atoms with van der Waals surface area (Å²) < 4.78 is 0. The molecule has 0 aromatic carbocycles. The average molecular weight is 462 g/mol. The van der Waals surface area contributed by atoms with Crippen LogP contribution in [-0.4, -0.2) is 0 Å². The molecule has 19 heavy (non-hydrogen) atoms. The summed E-state index contributed by atoms with van der Waals surface area (Å²) in [4.78, 5) is 0. The van der Waals surface area contributed by atoms with Gasteiger partial charge >= 0.3 is 0 Å². The van der Waals surface area contributed by atoms with Crippen LogP contribution in [0.1, 0.15) is 25.7 Å². The third-order valence-corrected chi connectivity index (χ3v) is 2.26. The van der Waals surface area contributed by atoms with Gasteiger partial charge in [0, 0.05) is 25.8 Å². The Hall–Kier alpha value is -0.110. The molecule has 104 valence electrons. The fourth-order valence-electron chi connectivity index (χ4n) is 1.49. The first kappa shape index (κ1) is 23.9. The van der Waals surface area contributed by atoms with Crippen molar-refractivity contribution < 1.29 is 25.8 Å². The van der Waals surface area contributed by atoms with E-state index < -0.39 is 0 Å². The zero-order valence-electron chi connectivity index (χ0n) is 11.0. The van der Waals surface area contributed by atoms with Gasteiger partial charge in [-0.3, -0.25) is 12.2 Å². The molecule has 0 unspecified atom stereocenters. The third kappa shape index (κ3) is 11.4. The van der Waals surface area contributed by atoms with Crippen LogP contribution in [0.25, 0.3) is 0 Å². The molecule has 2 rings (SSSR count). The normalized spacial score (nSPS) is 13.7. The zero-order chi connectivity index (χ0) is 11.6. The number of halogens is 2. The van der Waals surface area contributed by atoms with Gasteiger partial charge in [0.1, 0.15) is 0 Å². The van der Waals surface area contributed by atoms with E-state index in [0.29, 0.717) is 0 Å². The molecule has 0 aliphatic heterocycles. The molecule has 0 aromatic rings. The first-order chi connectivity index (χ1) is 7.86. The van der Waals surface area contributed by atoms with Gasteiger partial charge in [-0.15, -0.1) is 50.8 Å². The molecular weight excluding hydrogens is 442 g/mol. The summed E-state index contributed by atoms with van der Waals surface area (Å²) in [5.74, 6) is 0. The quantitative estimate of drug-likeness (QED) is 0.301. The van der Waals surface area contributed by atoms with Gasteiger partial charge in [0.25, 0.3) is 0 Å². The van der Waals surface area contributed by atoms with Crippen LogP contribution >= 0.6 is 24.8 Å². The molecule has 3 heteroatoms. The standard InChI is InChI=1S/2C8H9.2ClH.Hf/c2*1-2-5-8-6-3-4-7-8;;;/h2*2-3,6H,1,4-5H2;2*1H;/q2*-1;;;. The van der Waals surface area contributed by atoms with Gasteiger partial charge in [-0.2, -0.15) is 12.2 Å². The maximum atomic E-state index is 3.63. The minimum Gasteiger partial charge on any atom is -0.269 e. The topological polar surface area (TPSA) is 0 Å². The van der Waals surface area contributed by atoms with Crippen molar-refractivity contribution in [3.05, 3.63) is 72.9 Å². The van der Waals surface area contributed by atoms with E-state index in [9.17, 15) is 0 Å². The molecule has 0 radical (unpaired) electrons. The SMILES string of the molecule is C=CCC1=[C-]CC=C1.C=CCC1=[C-]CC=C1.Cl.Cl.[Hf]. The van der Waals surface area contributed by atoms with Crippen molar-refractivity contribution in [2.75, 3.05) is 0 Å². The van der Waals surface area contributed by atoms with Gasteiger partial charge in [-0.05, 0) is 12.8 Å². The Bertz CT molecular complexity index is 327. The summed E-state index contributed by atoms with van der Waals surface area (Å²) in [7, 11) is 0. The minimum absolute atomic E-state index is 0. The number of hydrogen-bond donors (Lipinski definition) is 0. The summed E-state index contributed by atoms with van der Waals surface area (Å²) >= 11 is 0. The van der Waals surface area contributed by atoms with Gasteiger partial charge in [0.15, 0.2) is 0 Å². The number of allylic oxidation sites excluding steroid dienone is 10. The predicted molar refractivity (Wildman–Crippen MR) is 85.2 cm³/mol. The minimum atomic E-state index is 0. The van der Waals surface area contributed by atoms with E-state index in [1.807, 2.05) is 12.2 Å². The summed E-state index contributed by atoms with van der Waals surface area (Å²) in [6, 6.07) is 0. The van der Waals surface area contributed by atoms with Crippen molar-refractivity contribution in [1.29, 1.82) is 0 Å². The second-order valence-electron chi connectivity index (χ2n) is 3.60. The Kier molecular flexibility index (Phi) is 20.1. The van der Waals surface area contributed by atoms with Gasteiger partial charge in [0.05, 0.1) is 0 Å². The Morgan fingerprint density at radius 3 is 1.47 bits per heavy atom. The third-order valence-electron chi connectivity index (χ3n) is 2.26. The maximum absolute atomic E-state index is 3.63. The van der Waals surface area contributed by atoms with Crippen LogP contribution in [0, 0.1) is 12.2 Å². The van der Waals surface area contributed by atoms with Crippen LogP contribution in [-0.2, 0) is 25.8 Å². The molecule has 0 heterocycles. The molecule has 0 aromatic heterocycles. The van der Waals surface area contributed by atoms with Crippen molar-refractivity contribution in [2.45, 2.75) is 25.7 Å². The Balaban J connectivity index is -0.000000233. The van der Waals surface area contributed by atoms with Crippen molar-refractivity contribution in [3.8, 4) is 0 Å². The van der Waals surface area contributed by atoms with Crippen molar-refractivity contribution >= 4 is 24.8 Å². The van der Waals surface area contributed by atoms with Crippen molar-refractivity contribution in [3.63, 3.8) is 0 Å². The van der Waals surface area contributed by atoms with E-state index in [2.05, 4.69) is 49.6 Å². The molecule has 0 amide bonds. The summed E-state index contributed by atoms with van der Waals surface area (Å²) in [6.45, 7) is 7.26. The molecule has 0 spiro atoms. The second kappa shape index (κ2) is 15.9. The van der Waals surface area contributed by atoms with Gasteiger partial charge in [0.2, 0.25) is 0 Å². The van der Waals surface area contributed by atoms with Gasteiger partial charge < -0.3 is 0 Å². The molecular formula is C16H20Cl2Hf-2. The fraction of sp³-hybridized carbons (Fsp3) is 0.250. The van der Waals surface area contributed by atoms with Crippen LogP contribution in [0.3, 0.4) is 0 Å². The number of rotatable bonds is 4. The predicted octanol–water partition coefficient (Wildman–Crippen LogP) is 5.35. The van der Waals surface area contributed by atoms with Crippen LogP contribution < -0.4 is 0 Å². The average Bonchev–Trinajstić information content (AvgIpc) is 2.92. The molecule has 0 saturated heterocycles. The second-order valence-corrected chi connectivity index (χ2v) is 3.60. The monoisotopic (exact) mass is 462 g/mol. The first-order valence-corrected chi connectivity index (χ1v) is 5.61. The van der Waals surface area contributed by atoms with E-state index >= 15 is 0 Å². The summed E-state index contributed by atoms with van der Waals surface area (Å²) in [5.41, 5.74) is 2.56. The van der Waals surface area contributed by atoms with E-state index in [1.54, 1.807) is 0 Å². The van der Waals surface area contributed by atoms with E-state index in [-0.39, 0.29) is 50.7 Å². The van der Waals surface area contributed by atoms with Crippen LogP contribution in [0.2, 0.25) is 0 Å². The first-order valence-electron chi connectivity index (χ1n) is 5.61. The van der Waals surface area contributed by atoms with Gasteiger partial charge in [-0.1, -0.05) is 12.2 Å². The smallest absolute Gasteiger partial charge is 0 e. The van der Waals surface area contributed by atoms with Gasteiger partial charge in [-0.25, -0.2) is 23.3 Å². The van der Waals surface area contributed by atoms with Crippen LogP contribution in [0.15, 0.2) is 60.8 Å². The van der Waals surface area contributed by atoms with Crippen molar-refractivity contribution in [1.82, 2.24) is 0 Å². The van der Waals surface area contributed by atoms with E-state index in [1.165, 1.54) is 11.1 Å². The summed E-state index contributed by atoms with van der Waals surface area (Å²) in [6.07, 6.45) is 22.5. The Morgan fingerprint density at radius 2 is 1.26 bits per heavy atom.